The molecule has 1 amide bonds. The topological polar surface area (TPSA) is 36.7 Å². The minimum atomic E-state index is -0.185. The van der Waals surface area contributed by atoms with Crippen LogP contribution in [0, 0.1) is 11.3 Å². The fourth-order valence-electron chi connectivity index (χ4n) is 4.87. The molecule has 1 atom stereocenters. The third-order valence-electron chi connectivity index (χ3n) is 6.50. The van der Waals surface area contributed by atoms with E-state index in [-0.39, 0.29) is 11.5 Å². The molecule has 0 radical (unpaired) electrons. The van der Waals surface area contributed by atoms with E-state index in [2.05, 4.69) is 40.1 Å². The number of furan rings is 1. The Kier molecular flexibility index (Phi) is 3.89. The Balaban J connectivity index is 1.34. The van der Waals surface area contributed by atoms with Gasteiger partial charge in [0.25, 0.3) is 0 Å². The summed E-state index contributed by atoms with van der Waals surface area (Å²) in [6, 6.07) is 14.9. The molecule has 3 fully saturated rings. The lowest BCUT2D eigenvalue weighted by Crippen LogP contribution is -2.66. The van der Waals surface area contributed by atoms with Gasteiger partial charge in [-0.05, 0) is 62.4 Å². The highest BCUT2D eigenvalue weighted by Gasteiger charge is 2.61. The summed E-state index contributed by atoms with van der Waals surface area (Å²) in [7, 11) is 0. The third kappa shape index (κ3) is 2.67. The molecule has 1 spiro atoms. The summed E-state index contributed by atoms with van der Waals surface area (Å²) in [5, 5.41) is 0. The molecule has 2 aliphatic heterocycles. The predicted molar refractivity (Wildman–Crippen MR) is 99.3 cm³/mol. The fourth-order valence-corrected chi connectivity index (χ4v) is 4.87. The Morgan fingerprint density at radius 1 is 1.04 bits per heavy atom. The SMILES string of the molecule is O=C1N(CC2CC2)[C@@H](c2ccccc2)C12CCN(Cc1ccco1)CC2. The van der Waals surface area contributed by atoms with Gasteiger partial charge < -0.3 is 9.32 Å². The molecule has 1 aliphatic carbocycles. The summed E-state index contributed by atoms with van der Waals surface area (Å²) in [5.74, 6) is 2.15. The highest BCUT2D eigenvalue weighted by Crippen LogP contribution is 2.57. The zero-order valence-electron chi connectivity index (χ0n) is 15.1. The number of likely N-dealkylation sites (tertiary alicyclic amines) is 2. The molecule has 3 aliphatic rings. The highest BCUT2D eigenvalue weighted by atomic mass is 16.3. The van der Waals surface area contributed by atoms with Crippen molar-refractivity contribution in [3.63, 3.8) is 0 Å². The lowest BCUT2D eigenvalue weighted by Gasteiger charge is -2.59. The maximum Gasteiger partial charge on any atom is 0.231 e. The number of hydrogen-bond acceptors (Lipinski definition) is 3. The van der Waals surface area contributed by atoms with Crippen LogP contribution in [0.2, 0.25) is 0 Å². The van der Waals surface area contributed by atoms with Crippen LogP contribution in [0.4, 0.5) is 0 Å². The van der Waals surface area contributed by atoms with Crippen molar-refractivity contribution < 1.29 is 9.21 Å². The van der Waals surface area contributed by atoms with E-state index in [9.17, 15) is 4.79 Å². The van der Waals surface area contributed by atoms with Crippen LogP contribution in [0.15, 0.2) is 53.1 Å². The molecular weight excluding hydrogens is 324 g/mol. The number of benzene rings is 1. The predicted octanol–water partition coefficient (Wildman–Crippen LogP) is 3.86. The Morgan fingerprint density at radius 2 is 1.81 bits per heavy atom. The van der Waals surface area contributed by atoms with Crippen molar-refractivity contribution in [3.8, 4) is 0 Å². The molecule has 0 bridgehead atoms. The zero-order valence-corrected chi connectivity index (χ0v) is 15.1. The first-order chi connectivity index (χ1) is 12.8. The molecule has 136 valence electrons. The van der Waals surface area contributed by atoms with Gasteiger partial charge in [-0.1, -0.05) is 30.3 Å². The normalized spacial score (nSPS) is 25.5. The monoisotopic (exact) mass is 350 g/mol. The number of rotatable bonds is 5. The fraction of sp³-hybridized carbons (Fsp3) is 0.500. The largest absolute Gasteiger partial charge is 0.468 e. The smallest absolute Gasteiger partial charge is 0.231 e. The van der Waals surface area contributed by atoms with Crippen molar-refractivity contribution in [1.82, 2.24) is 9.80 Å². The summed E-state index contributed by atoms with van der Waals surface area (Å²) in [6.07, 6.45) is 6.21. The number of carbonyl (C=O) groups excluding carboxylic acids is 1. The van der Waals surface area contributed by atoms with Gasteiger partial charge in [0.05, 0.1) is 24.3 Å². The maximum absolute atomic E-state index is 13.2. The molecule has 5 rings (SSSR count). The van der Waals surface area contributed by atoms with Gasteiger partial charge in [0.1, 0.15) is 5.76 Å². The first kappa shape index (κ1) is 16.1. The Labute approximate surface area is 154 Å². The Hall–Kier alpha value is -2.07. The van der Waals surface area contributed by atoms with Gasteiger partial charge in [0.15, 0.2) is 0 Å². The van der Waals surface area contributed by atoms with Crippen LogP contribution >= 0.6 is 0 Å². The zero-order chi connectivity index (χ0) is 17.6. The van der Waals surface area contributed by atoms with Gasteiger partial charge in [-0.15, -0.1) is 0 Å². The number of amides is 1. The second-order valence-electron chi connectivity index (χ2n) is 8.23. The average Bonchev–Trinajstić information content (AvgIpc) is 3.36. The third-order valence-corrected chi connectivity index (χ3v) is 6.50. The number of β-lactam (4-membered cyclic amide) rings is 1. The van der Waals surface area contributed by atoms with Gasteiger partial charge in [0, 0.05) is 6.54 Å². The summed E-state index contributed by atoms with van der Waals surface area (Å²) in [6.45, 7) is 3.73. The average molecular weight is 350 g/mol. The van der Waals surface area contributed by atoms with E-state index in [0.29, 0.717) is 5.91 Å². The van der Waals surface area contributed by atoms with Crippen LogP contribution in [0.5, 0.6) is 0 Å². The van der Waals surface area contributed by atoms with Gasteiger partial charge in [0.2, 0.25) is 5.91 Å². The number of nitrogens with zero attached hydrogens (tertiary/aromatic N) is 2. The standard InChI is InChI=1S/C22H26N2O2/c25-21-22(10-12-23(13-11-22)16-19-7-4-14-26-19)20(18-5-2-1-3-6-18)24(21)15-17-8-9-17/h1-7,14,17,20H,8-13,15-16H2/t20-/m0/s1. The Bertz CT molecular complexity index is 759. The molecule has 3 heterocycles. The van der Waals surface area contributed by atoms with Crippen LogP contribution in [-0.4, -0.2) is 35.3 Å². The summed E-state index contributed by atoms with van der Waals surface area (Å²) in [4.78, 5) is 17.8. The first-order valence-corrected chi connectivity index (χ1v) is 9.87. The maximum atomic E-state index is 13.2. The second-order valence-corrected chi connectivity index (χ2v) is 8.23. The number of carbonyl (C=O) groups is 1. The lowest BCUT2D eigenvalue weighted by molar-refractivity contribution is -0.181. The van der Waals surface area contributed by atoms with Gasteiger partial charge >= 0.3 is 0 Å². The highest BCUT2D eigenvalue weighted by molar-refractivity contribution is 5.91. The minimum absolute atomic E-state index is 0.185. The molecule has 4 heteroatoms. The van der Waals surface area contributed by atoms with E-state index in [1.165, 1.54) is 18.4 Å². The van der Waals surface area contributed by atoms with Crippen molar-refractivity contribution >= 4 is 5.91 Å². The molecular formula is C22H26N2O2. The molecule has 0 N–H and O–H groups in total. The van der Waals surface area contributed by atoms with Crippen molar-refractivity contribution in [2.45, 2.75) is 38.3 Å². The van der Waals surface area contributed by atoms with Crippen molar-refractivity contribution in [3.05, 3.63) is 60.1 Å². The van der Waals surface area contributed by atoms with Crippen LogP contribution in [0.3, 0.4) is 0 Å². The molecule has 1 aromatic heterocycles. The Morgan fingerprint density at radius 3 is 2.46 bits per heavy atom. The molecule has 4 nitrogen and oxygen atoms in total. The molecule has 0 unspecified atom stereocenters. The summed E-state index contributed by atoms with van der Waals surface area (Å²) in [5.41, 5.74) is 1.13. The lowest BCUT2D eigenvalue weighted by atomic mass is 9.62. The molecule has 2 saturated heterocycles. The summed E-state index contributed by atoms with van der Waals surface area (Å²) < 4.78 is 5.49. The van der Waals surface area contributed by atoms with Gasteiger partial charge in [-0.3, -0.25) is 9.69 Å². The van der Waals surface area contributed by atoms with E-state index >= 15 is 0 Å². The summed E-state index contributed by atoms with van der Waals surface area (Å²) >= 11 is 0. The van der Waals surface area contributed by atoms with E-state index in [1.807, 2.05) is 12.1 Å². The molecule has 1 saturated carbocycles. The van der Waals surface area contributed by atoms with Crippen LogP contribution < -0.4 is 0 Å². The van der Waals surface area contributed by atoms with Crippen molar-refractivity contribution in [2.24, 2.45) is 11.3 Å². The number of hydrogen-bond donors (Lipinski definition) is 0. The van der Waals surface area contributed by atoms with E-state index < -0.39 is 0 Å². The van der Waals surface area contributed by atoms with Crippen molar-refractivity contribution in [1.29, 1.82) is 0 Å². The van der Waals surface area contributed by atoms with Crippen LogP contribution in [0.1, 0.15) is 43.0 Å². The first-order valence-electron chi connectivity index (χ1n) is 9.87. The molecule has 1 aromatic carbocycles. The van der Waals surface area contributed by atoms with E-state index in [4.69, 9.17) is 4.42 Å². The molecule has 2 aromatic rings. The minimum Gasteiger partial charge on any atom is -0.468 e. The van der Waals surface area contributed by atoms with Gasteiger partial charge in [-0.25, -0.2) is 0 Å². The van der Waals surface area contributed by atoms with Gasteiger partial charge in [-0.2, -0.15) is 0 Å². The van der Waals surface area contributed by atoms with Crippen LogP contribution in [-0.2, 0) is 11.3 Å². The quantitative estimate of drug-likeness (QED) is 0.769. The van der Waals surface area contributed by atoms with E-state index in [1.54, 1.807) is 6.26 Å². The number of piperidine rings is 1. The molecule has 26 heavy (non-hydrogen) atoms. The van der Waals surface area contributed by atoms with Crippen LogP contribution in [0.25, 0.3) is 0 Å². The van der Waals surface area contributed by atoms with Crippen molar-refractivity contribution in [2.75, 3.05) is 19.6 Å². The van der Waals surface area contributed by atoms with E-state index in [0.717, 1.165) is 50.7 Å². The second kappa shape index (κ2) is 6.27.